The molecule has 1 atom stereocenters. The van der Waals surface area contributed by atoms with Gasteiger partial charge in [0.15, 0.2) is 0 Å². The van der Waals surface area contributed by atoms with Crippen molar-refractivity contribution in [1.29, 1.82) is 0 Å². The molecule has 0 aromatic heterocycles. The Bertz CT molecular complexity index is 353. The van der Waals surface area contributed by atoms with Crippen molar-refractivity contribution in [3.05, 3.63) is 0 Å². The van der Waals surface area contributed by atoms with Crippen LogP contribution in [0.25, 0.3) is 0 Å². The Labute approximate surface area is 97.5 Å². The fraction of sp³-hybridized carbons (Fsp3) is 0.900. The number of hydrogen-bond acceptors (Lipinski definition) is 3. The van der Waals surface area contributed by atoms with Gasteiger partial charge in [-0.2, -0.15) is 0 Å². The maximum atomic E-state index is 11.8. The molecule has 1 aliphatic heterocycles. The second-order valence-corrected chi connectivity index (χ2v) is 6.35. The van der Waals surface area contributed by atoms with Crippen LogP contribution >= 0.6 is 0 Å². The predicted octanol–water partition coefficient (Wildman–Crippen LogP) is 0.136. The van der Waals surface area contributed by atoms with Gasteiger partial charge in [0.1, 0.15) is 0 Å². The summed E-state index contributed by atoms with van der Waals surface area (Å²) >= 11 is 0. The van der Waals surface area contributed by atoms with Crippen molar-refractivity contribution in [1.82, 2.24) is 9.21 Å². The van der Waals surface area contributed by atoms with Crippen molar-refractivity contribution in [2.24, 2.45) is 5.92 Å². The first kappa shape index (κ1) is 13.4. The number of hydrogen-bond donors (Lipinski definition) is 0. The van der Waals surface area contributed by atoms with E-state index in [4.69, 9.17) is 0 Å². The molecule has 0 aromatic carbocycles. The number of carbonyl (C=O) groups is 1. The van der Waals surface area contributed by atoms with Crippen molar-refractivity contribution in [3.8, 4) is 0 Å². The Morgan fingerprint density at radius 1 is 1.44 bits per heavy atom. The lowest BCUT2D eigenvalue weighted by Crippen LogP contribution is -2.36. The van der Waals surface area contributed by atoms with Gasteiger partial charge in [-0.25, -0.2) is 12.7 Å². The Balaban J connectivity index is 2.63. The van der Waals surface area contributed by atoms with Gasteiger partial charge in [0.2, 0.25) is 15.9 Å². The SMILES string of the molecule is CCN(C)C(=O)C1CCN(S(=O)(=O)CC)C1. The van der Waals surface area contributed by atoms with E-state index >= 15 is 0 Å². The minimum atomic E-state index is -3.13. The van der Waals surface area contributed by atoms with Gasteiger partial charge in [0, 0.05) is 26.7 Å². The van der Waals surface area contributed by atoms with Gasteiger partial charge in [-0.3, -0.25) is 4.79 Å². The first-order valence-corrected chi connectivity index (χ1v) is 7.26. The first-order valence-electron chi connectivity index (χ1n) is 5.65. The van der Waals surface area contributed by atoms with Crippen LogP contribution < -0.4 is 0 Å². The lowest BCUT2D eigenvalue weighted by Gasteiger charge is -2.19. The minimum Gasteiger partial charge on any atom is -0.346 e. The summed E-state index contributed by atoms with van der Waals surface area (Å²) in [7, 11) is -1.38. The fourth-order valence-corrected chi connectivity index (χ4v) is 2.99. The van der Waals surface area contributed by atoms with E-state index < -0.39 is 10.0 Å². The maximum absolute atomic E-state index is 11.8. The topological polar surface area (TPSA) is 57.7 Å². The molecule has 0 radical (unpaired) electrons. The number of sulfonamides is 1. The van der Waals surface area contributed by atoms with Gasteiger partial charge in [-0.1, -0.05) is 0 Å². The summed E-state index contributed by atoms with van der Waals surface area (Å²) in [5.41, 5.74) is 0. The van der Waals surface area contributed by atoms with Crippen LogP contribution in [0, 0.1) is 5.92 Å². The van der Waals surface area contributed by atoms with E-state index in [1.807, 2.05) is 6.92 Å². The molecule has 6 heteroatoms. The molecule has 1 heterocycles. The van der Waals surface area contributed by atoms with Gasteiger partial charge < -0.3 is 4.90 Å². The average molecular weight is 248 g/mol. The van der Waals surface area contributed by atoms with Gasteiger partial charge in [0.05, 0.1) is 11.7 Å². The Morgan fingerprint density at radius 2 is 2.06 bits per heavy atom. The largest absolute Gasteiger partial charge is 0.346 e. The van der Waals surface area contributed by atoms with Gasteiger partial charge in [0.25, 0.3) is 0 Å². The zero-order chi connectivity index (χ0) is 12.3. The number of amides is 1. The highest BCUT2D eigenvalue weighted by atomic mass is 32.2. The van der Waals surface area contributed by atoms with Crippen LogP contribution in [-0.2, 0) is 14.8 Å². The van der Waals surface area contributed by atoms with Crippen molar-refractivity contribution in [2.75, 3.05) is 32.4 Å². The summed E-state index contributed by atoms with van der Waals surface area (Å²) in [6.45, 7) is 5.02. The molecule has 0 bridgehead atoms. The smallest absolute Gasteiger partial charge is 0.226 e. The summed E-state index contributed by atoms with van der Waals surface area (Å²) in [6.07, 6.45) is 0.641. The molecule has 1 rings (SSSR count). The van der Waals surface area contributed by atoms with Crippen LogP contribution in [-0.4, -0.2) is 56.0 Å². The van der Waals surface area contributed by atoms with Crippen LogP contribution in [0.15, 0.2) is 0 Å². The highest BCUT2D eigenvalue weighted by molar-refractivity contribution is 7.89. The third kappa shape index (κ3) is 2.74. The molecular weight excluding hydrogens is 228 g/mol. The molecule has 1 saturated heterocycles. The molecule has 1 aliphatic rings. The van der Waals surface area contributed by atoms with E-state index in [1.54, 1.807) is 18.9 Å². The summed E-state index contributed by atoms with van der Waals surface area (Å²) in [4.78, 5) is 13.5. The standard InChI is InChI=1S/C10H20N2O3S/c1-4-11(3)10(13)9-6-7-12(8-9)16(14,15)5-2/h9H,4-8H2,1-3H3. The molecule has 0 aromatic rings. The monoisotopic (exact) mass is 248 g/mol. The van der Waals surface area contributed by atoms with Crippen LogP contribution in [0.2, 0.25) is 0 Å². The third-order valence-corrected chi connectivity index (χ3v) is 4.96. The second kappa shape index (κ2) is 5.14. The molecule has 0 aliphatic carbocycles. The Kier molecular flexibility index (Phi) is 4.32. The second-order valence-electron chi connectivity index (χ2n) is 4.10. The molecule has 5 nitrogen and oxygen atoms in total. The van der Waals surface area contributed by atoms with E-state index in [9.17, 15) is 13.2 Å². The molecule has 0 spiro atoms. The molecule has 1 amide bonds. The normalized spacial score (nSPS) is 22.3. The molecule has 1 fully saturated rings. The van der Waals surface area contributed by atoms with Crippen molar-refractivity contribution >= 4 is 15.9 Å². The molecule has 0 saturated carbocycles. The molecule has 1 unspecified atom stereocenters. The lowest BCUT2D eigenvalue weighted by atomic mass is 10.1. The summed E-state index contributed by atoms with van der Waals surface area (Å²) in [5, 5.41) is 0. The highest BCUT2D eigenvalue weighted by Gasteiger charge is 2.34. The van der Waals surface area contributed by atoms with Gasteiger partial charge in [-0.05, 0) is 20.3 Å². The van der Waals surface area contributed by atoms with Crippen LogP contribution in [0.4, 0.5) is 0 Å². The summed E-state index contributed by atoms with van der Waals surface area (Å²) in [5.74, 6) is -0.0000657. The zero-order valence-corrected chi connectivity index (χ0v) is 11.0. The number of nitrogens with zero attached hydrogens (tertiary/aromatic N) is 2. The van der Waals surface area contributed by atoms with E-state index in [1.165, 1.54) is 4.31 Å². The lowest BCUT2D eigenvalue weighted by molar-refractivity contribution is -0.133. The van der Waals surface area contributed by atoms with Crippen LogP contribution in [0.1, 0.15) is 20.3 Å². The molecular formula is C10H20N2O3S. The number of rotatable bonds is 4. The minimum absolute atomic E-state index is 0.0521. The van der Waals surface area contributed by atoms with E-state index in [0.717, 1.165) is 0 Å². The average Bonchev–Trinajstić information content (AvgIpc) is 2.76. The quantitative estimate of drug-likeness (QED) is 0.711. The Morgan fingerprint density at radius 3 is 2.56 bits per heavy atom. The van der Waals surface area contributed by atoms with Crippen molar-refractivity contribution in [2.45, 2.75) is 20.3 Å². The third-order valence-electron chi connectivity index (χ3n) is 3.11. The fourth-order valence-electron chi connectivity index (χ4n) is 1.83. The first-order chi connectivity index (χ1) is 7.42. The van der Waals surface area contributed by atoms with Crippen molar-refractivity contribution in [3.63, 3.8) is 0 Å². The van der Waals surface area contributed by atoms with E-state index in [0.29, 0.717) is 26.1 Å². The van der Waals surface area contributed by atoms with Crippen molar-refractivity contribution < 1.29 is 13.2 Å². The summed E-state index contributed by atoms with van der Waals surface area (Å²) in [6, 6.07) is 0. The van der Waals surface area contributed by atoms with Gasteiger partial charge in [-0.15, -0.1) is 0 Å². The molecule has 94 valence electrons. The predicted molar refractivity (Wildman–Crippen MR) is 62.5 cm³/mol. The maximum Gasteiger partial charge on any atom is 0.226 e. The number of carbonyl (C=O) groups excluding carboxylic acids is 1. The summed E-state index contributed by atoms with van der Waals surface area (Å²) < 4.78 is 24.6. The van der Waals surface area contributed by atoms with E-state index in [-0.39, 0.29) is 17.6 Å². The van der Waals surface area contributed by atoms with E-state index in [2.05, 4.69) is 0 Å². The molecule has 16 heavy (non-hydrogen) atoms. The highest BCUT2D eigenvalue weighted by Crippen LogP contribution is 2.21. The zero-order valence-electron chi connectivity index (χ0n) is 10.1. The van der Waals surface area contributed by atoms with Crippen LogP contribution in [0.5, 0.6) is 0 Å². The molecule has 0 N–H and O–H groups in total. The Hall–Kier alpha value is -0.620. The van der Waals surface area contributed by atoms with Crippen LogP contribution in [0.3, 0.4) is 0 Å². The van der Waals surface area contributed by atoms with Gasteiger partial charge >= 0.3 is 0 Å².